The number of nitrogens with one attached hydrogen (secondary N) is 2. The number of rotatable bonds is 17. The van der Waals surface area contributed by atoms with Crippen LogP contribution in [-0.4, -0.2) is 38.8 Å². The molecule has 0 heterocycles. The monoisotopic (exact) mass is 440 g/mol. The highest BCUT2D eigenvalue weighted by Crippen LogP contribution is 2.20. The summed E-state index contributed by atoms with van der Waals surface area (Å²) >= 11 is 0. The van der Waals surface area contributed by atoms with Crippen LogP contribution in [0.2, 0.25) is 0 Å². The number of anilines is 1. The number of hydrogen-bond donors (Lipinski definition) is 1. The summed E-state index contributed by atoms with van der Waals surface area (Å²) in [5.41, 5.74) is 7.86. The molecule has 1 radical (unpaired) electrons. The molecule has 1 rings (SSSR count). The van der Waals surface area contributed by atoms with E-state index in [1.54, 1.807) is 24.3 Å². The lowest BCUT2D eigenvalue weighted by atomic mass is 10.0. The maximum absolute atomic E-state index is 11.8. The summed E-state index contributed by atoms with van der Waals surface area (Å²) in [6.07, 6.45) is 11.8. The van der Waals surface area contributed by atoms with Gasteiger partial charge in [-0.05, 0) is 37.1 Å². The normalized spacial score (nSPS) is 12.7. The summed E-state index contributed by atoms with van der Waals surface area (Å²) < 4.78 is 32.9. The number of unbranched alkanes of at least 4 members (excludes halogenated alkanes) is 9. The van der Waals surface area contributed by atoms with Gasteiger partial charge in [-0.15, -0.1) is 0 Å². The Kier molecular flexibility index (Phi) is 12.5. The molecular weight excluding hydrogens is 402 g/mol. The van der Waals surface area contributed by atoms with Gasteiger partial charge in [0.1, 0.15) is 5.75 Å². The number of nitrogens with zero attached hydrogens (tertiary/aromatic N) is 1. The van der Waals surface area contributed by atoms with Crippen LogP contribution in [0.3, 0.4) is 0 Å². The van der Waals surface area contributed by atoms with E-state index in [4.69, 9.17) is 10.5 Å². The van der Waals surface area contributed by atoms with E-state index < -0.39 is 22.2 Å². The van der Waals surface area contributed by atoms with Crippen molar-refractivity contribution in [3.8, 4) is 5.75 Å². The van der Waals surface area contributed by atoms with E-state index in [1.165, 1.54) is 59.0 Å². The van der Waals surface area contributed by atoms with E-state index in [0.717, 1.165) is 23.6 Å². The van der Waals surface area contributed by atoms with Crippen molar-refractivity contribution in [3.05, 3.63) is 24.3 Å². The molecule has 171 valence electrons. The number of carbonyl (C=O) groups is 1. The van der Waals surface area contributed by atoms with Crippen LogP contribution in [0.5, 0.6) is 5.75 Å². The highest BCUT2D eigenvalue weighted by molar-refractivity contribution is 7.90. The summed E-state index contributed by atoms with van der Waals surface area (Å²) in [7, 11) is -0.685. The lowest BCUT2D eigenvalue weighted by Crippen LogP contribution is -2.29. The molecule has 0 aromatic heterocycles. The molecule has 8 heteroatoms. The smallest absolute Gasteiger partial charge is 0.301 e. The van der Waals surface area contributed by atoms with Crippen molar-refractivity contribution in [1.82, 2.24) is 10.0 Å². The van der Waals surface area contributed by atoms with Gasteiger partial charge in [-0.1, -0.05) is 64.7 Å². The number of benzene rings is 1. The van der Waals surface area contributed by atoms with Gasteiger partial charge < -0.3 is 4.74 Å². The van der Waals surface area contributed by atoms with E-state index >= 15 is 0 Å². The highest BCUT2D eigenvalue weighted by atomic mass is 32.2. The summed E-state index contributed by atoms with van der Waals surface area (Å²) in [6.45, 7) is 2.23. The molecule has 1 aromatic carbocycles. The van der Waals surface area contributed by atoms with E-state index in [1.807, 2.05) is 0 Å². The topological polar surface area (TPSA) is 99.5 Å². The van der Waals surface area contributed by atoms with Crippen LogP contribution in [0.1, 0.15) is 77.6 Å². The van der Waals surface area contributed by atoms with E-state index in [0.29, 0.717) is 17.9 Å². The highest BCUT2D eigenvalue weighted by Gasteiger charge is 2.18. The van der Waals surface area contributed by atoms with Crippen molar-refractivity contribution in [2.24, 2.45) is 0 Å². The Hall–Kier alpha value is -1.80. The Morgan fingerprint density at radius 3 is 1.93 bits per heavy atom. The van der Waals surface area contributed by atoms with Gasteiger partial charge in [0.25, 0.3) is 5.91 Å². The Labute approximate surface area is 182 Å². The number of hydrogen-bond acceptors (Lipinski definition) is 4. The lowest BCUT2D eigenvalue weighted by Gasteiger charge is -2.17. The maximum atomic E-state index is 11.8. The average Bonchev–Trinajstić information content (AvgIpc) is 2.69. The summed E-state index contributed by atoms with van der Waals surface area (Å²) in [4.78, 5) is 11.6. The van der Waals surface area contributed by atoms with Crippen LogP contribution >= 0.6 is 0 Å². The molecule has 0 bridgehead atoms. The standard InChI is InChI=1S/C22H38N3O4S/c1-4-5-6-7-8-9-10-11-12-13-14-21(22(23)26)29-20-17-15-19(16-18-20)24-30(27,28)25(2)3/h15-18,21,23-24H,4-14H2,1-3H3. The van der Waals surface area contributed by atoms with E-state index in [9.17, 15) is 13.2 Å². The van der Waals surface area contributed by atoms with Crippen LogP contribution in [0, 0.1) is 0 Å². The first-order valence-corrected chi connectivity index (χ1v) is 12.4. The molecule has 1 atom stereocenters. The van der Waals surface area contributed by atoms with E-state index in [-0.39, 0.29) is 0 Å². The minimum Gasteiger partial charge on any atom is -0.481 e. The number of amides is 1. The van der Waals surface area contributed by atoms with Gasteiger partial charge in [-0.25, -0.2) is 0 Å². The third-order valence-corrected chi connectivity index (χ3v) is 6.43. The number of ether oxygens (including phenoxy) is 1. The molecule has 0 aliphatic heterocycles. The van der Waals surface area contributed by atoms with Crippen molar-refractivity contribution in [1.29, 1.82) is 0 Å². The predicted octanol–water partition coefficient (Wildman–Crippen LogP) is 4.77. The zero-order chi connectivity index (χ0) is 22.4. The SMILES string of the molecule is CCCCCCCCCCCCC(Oc1ccc(NS(=O)(=O)N(C)C)cc1)C([NH])=O. The fourth-order valence-corrected chi connectivity index (χ4v) is 3.68. The molecule has 0 aliphatic rings. The first-order valence-electron chi connectivity index (χ1n) is 11.0. The fraction of sp³-hybridized carbons (Fsp3) is 0.682. The second-order valence-corrected chi connectivity index (χ2v) is 9.74. The molecule has 2 N–H and O–H groups in total. The predicted molar refractivity (Wildman–Crippen MR) is 122 cm³/mol. The molecule has 0 fully saturated rings. The van der Waals surface area contributed by atoms with Crippen molar-refractivity contribution in [2.75, 3.05) is 18.8 Å². The first-order chi connectivity index (χ1) is 14.3. The van der Waals surface area contributed by atoms with Gasteiger partial charge in [-0.3, -0.25) is 15.3 Å². The van der Waals surface area contributed by atoms with Crippen LogP contribution in [0.15, 0.2) is 24.3 Å². The summed E-state index contributed by atoms with van der Waals surface area (Å²) in [5.74, 6) is -0.288. The second kappa shape index (κ2) is 14.2. The Bertz CT molecular complexity index is 706. The molecule has 0 saturated carbocycles. The zero-order valence-electron chi connectivity index (χ0n) is 18.7. The molecular formula is C22H38N3O4S. The first kappa shape index (κ1) is 26.2. The van der Waals surface area contributed by atoms with Crippen LogP contribution in [0.4, 0.5) is 5.69 Å². The number of carbonyl (C=O) groups excluding carboxylic acids is 1. The molecule has 0 saturated heterocycles. The van der Waals surface area contributed by atoms with Crippen molar-refractivity contribution < 1.29 is 17.9 Å². The van der Waals surface area contributed by atoms with Gasteiger partial charge >= 0.3 is 10.2 Å². The molecule has 30 heavy (non-hydrogen) atoms. The van der Waals surface area contributed by atoms with E-state index in [2.05, 4.69) is 11.6 Å². The third kappa shape index (κ3) is 10.8. The third-order valence-electron chi connectivity index (χ3n) is 4.97. The van der Waals surface area contributed by atoms with Crippen LogP contribution in [-0.2, 0) is 15.0 Å². The molecule has 1 amide bonds. The van der Waals surface area contributed by atoms with Crippen molar-refractivity contribution >= 4 is 21.8 Å². The molecule has 0 aliphatic carbocycles. The van der Waals surface area contributed by atoms with Crippen molar-refractivity contribution in [2.45, 2.75) is 83.7 Å². The van der Waals surface area contributed by atoms with Gasteiger partial charge in [0.05, 0.1) is 5.69 Å². The summed E-state index contributed by atoms with van der Waals surface area (Å²) in [6, 6.07) is 6.34. The van der Waals surface area contributed by atoms with Crippen LogP contribution in [0.25, 0.3) is 0 Å². The van der Waals surface area contributed by atoms with Gasteiger partial charge in [0, 0.05) is 14.1 Å². The van der Waals surface area contributed by atoms with Crippen LogP contribution < -0.4 is 15.2 Å². The Morgan fingerprint density at radius 1 is 0.967 bits per heavy atom. The Morgan fingerprint density at radius 2 is 1.47 bits per heavy atom. The van der Waals surface area contributed by atoms with Crippen molar-refractivity contribution in [3.63, 3.8) is 0 Å². The molecule has 1 unspecified atom stereocenters. The van der Waals surface area contributed by atoms with Gasteiger partial charge in [0.2, 0.25) is 0 Å². The molecule has 7 nitrogen and oxygen atoms in total. The largest absolute Gasteiger partial charge is 0.481 e. The minimum absolute atomic E-state index is 0.402. The minimum atomic E-state index is -3.57. The zero-order valence-corrected chi connectivity index (χ0v) is 19.5. The lowest BCUT2D eigenvalue weighted by molar-refractivity contribution is -0.125. The average molecular weight is 441 g/mol. The Balaban J connectivity index is 2.34. The van der Waals surface area contributed by atoms with Gasteiger partial charge in [-0.2, -0.15) is 12.7 Å². The quantitative estimate of drug-likeness (QED) is 0.353. The maximum Gasteiger partial charge on any atom is 0.301 e. The molecule has 0 spiro atoms. The fourth-order valence-electron chi connectivity index (χ4n) is 3.07. The summed E-state index contributed by atoms with van der Waals surface area (Å²) in [5, 5.41) is 0. The second-order valence-electron chi connectivity index (χ2n) is 7.86. The van der Waals surface area contributed by atoms with Gasteiger partial charge in [0.15, 0.2) is 6.10 Å². The molecule has 1 aromatic rings.